The van der Waals surface area contributed by atoms with E-state index >= 15 is 0 Å². The number of esters is 2. The van der Waals surface area contributed by atoms with Gasteiger partial charge in [0.25, 0.3) is 0 Å². The zero-order chi connectivity index (χ0) is 44.9. The van der Waals surface area contributed by atoms with Crippen LogP contribution in [0.1, 0.15) is 291 Å². The van der Waals surface area contributed by atoms with Crippen LogP contribution in [-0.2, 0) is 28.2 Å². The summed E-state index contributed by atoms with van der Waals surface area (Å²) in [6.07, 6.45) is 49.8. The Morgan fingerprint density at radius 2 is 0.721 bits per heavy atom. The highest BCUT2D eigenvalue weighted by Crippen LogP contribution is 2.36. The zero-order valence-electron chi connectivity index (χ0n) is 40.9. The standard InChI is InChI=1S/C52H103O8P/c1-5-49(4)43-39-35-31-27-23-19-15-11-7-9-13-17-21-25-29-33-37-41-45-52(54)60-50(47-59-61(55,56)57)46-58-51(53)44-40-36-32-28-24-20-16-12-8-6-10-14-18-22-26-30-34-38-42-48(2)3/h48-50H,5-47H2,1-4H3,(H2,55,56,57)/t49?,50-/m1/s1. The Bertz CT molecular complexity index is 984. The monoisotopic (exact) mass is 887 g/mol. The maximum atomic E-state index is 12.5. The summed E-state index contributed by atoms with van der Waals surface area (Å²) in [4.78, 5) is 43.1. The molecule has 0 spiro atoms. The van der Waals surface area contributed by atoms with Crippen LogP contribution < -0.4 is 0 Å². The number of hydrogen-bond acceptors (Lipinski definition) is 6. The Balaban J connectivity index is 3.75. The van der Waals surface area contributed by atoms with Crippen LogP contribution in [0.5, 0.6) is 0 Å². The molecule has 0 aliphatic heterocycles. The summed E-state index contributed by atoms with van der Waals surface area (Å²) < 4.78 is 26.6. The first-order valence-electron chi connectivity index (χ1n) is 26.6. The quantitative estimate of drug-likeness (QED) is 0.0352. The molecule has 2 N–H and O–H groups in total. The summed E-state index contributed by atoms with van der Waals surface area (Å²) in [6, 6.07) is 0. The number of carbonyl (C=O) groups is 2. The van der Waals surface area contributed by atoms with Crippen molar-refractivity contribution in [2.75, 3.05) is 13.2 Å². The molecule has 0 aromatic carbocycles. The highest BCUT2D eigenvalue weighted by molar-refractivity contribution is 7.46. The minimum atomic E-state index is -4.75. The first kappa shape index (κ1) is 60.1. The van der Waals surface area contributed by atoms with E-state index in [2.05, 4.69) is 32.2 Å². The average molecular weight is 887 g/mol. The summed E-state index contributed by atoms with van der Waals surface area (Å²) in [6.45, 7) is 8.51. The minimum Gasteiger partial charge on any atom is -0.462 e. The summed E-state index contributed by atoms with van der Waals surface area (Å²) in [5.74, 6) is 0.889. The molecule has 0 fully saturated rings. The van der Waals surface area contributed by atoms with Crippen LogP contribution >= 0.6 is 7.82 Å². The Hall–Kier alpha value is -0.950. The highest BCUT2D eigenvalue weighted by atomic mass is 31.2. The van der Waals surface area contributed by atoms with Crippen LogP contribution in [0.3, 0.4) is 0 Å². The van der Waals surface area contributed by atoms with Crippen LogP contribution in [0.2, 0.25) is 0 Å². The maximum Gasteiger partial charge on any atom is 0.469 e. The molecule has 0 aromatic heterocycles. The largest absolute Gasteiger partial charge is 0.469 e. The van der Waals surface area contributed by atoms with Crippen molar-refractivity contribution in [3.05, 3.63) is 0 Å². The van der Waals surface area contributed by atoms with Gasteiger partial charge in [0.05, 0.1) is 6.61 Å². The van der Waals surface area contributed by atoms with E-state index in [0.717, 1.165) is 43.9 Å². The van der Waals surface area contributed by atoms with Gasteiger partial charge in [0.2, 0.25) is 0 Å². The van der Waals surface area contributed by atoms with Gasteiger partial charge in [-0.25, -0.2) is 4.57 Å². The van der Waals surface area contributed by atoms with E-state index < -0.39 is 32.5 Å². The van der Waals surface area contributed by atoms with Crippen molar-refractivity contribution in [2.24, 2.45) is 11.8 Å². The molecular weight excluding hydrogens is 784 g/mol. The number of unbranched alkanes of at least 4 members (excludes halogenated alkanes) is 34. The smallest absolute Gasteiger partial charge is 0.462 e. The fraction of sp³-hybridized carbons (Fsp3) is 0.962. The Morgan fingerprint density at radius 3 is 1.03 bits per heavy atom. The molecule has 0 amide bonds. The summed E-state index contributed by atoms with van der Waals surface area (Å²) in [5, 5.41) is 0. The van der Waals surface area contributed by atoms with Crippen LogP contribution in [0, 0.1) is 11.8 Å². The third kappa shape index (κ3) is 49.9. The van der Waals surface area contributed by atoms with Crippen molar-refractivity contribution in [1.82, 2.24) is 0 Å². The van der Waals surface area contributed by atoms with Crippen molar-refractivity contribution < 1.29 is 37.9 Å². The molecule has 61 heavy (non-hydrogen) atoms. The lowest BCUT2D eigenvalue weighted by Gasteiger charge is -2.18. The summed E-state index contributed by atoms with van der Waals surface area (Å²) in [7, 11) is -4.75. The maximum absolute atomic E-state index is 12.5. The number of phosphoric acid groups is 1. The van der Waals surface area contributed by atoms with E-state index in [1.54, 1.807) is 0 Å². The molecule has 0 radical (unpaired) electrons. The van der Waals surface area contributed by atoms with Crippen LogP contribution in [0.4, 0.5) is 0 Å². The molecule has 0 aliphatic rings. The van der Waals surface area contributed by atoms with Crippen molar-refractivity contribution >= 4 is 19.8 Å². The van der Waals surface area contributed by atoms with Gasteiger partial charge in [-0.05, 0) is 24.7 Å². The van der Waals surface area contributed by atoms with E-state index in [4.69, 9.17) is 19.3 Å². The molecule has 2 atom stereocenters. The lowest BCUT2D eigenvalue weighted by Crippen LogP contribution is -2.29. The van der Waals surface area contributed by atoms with Crippen LogP contribution in [-0.4, -0.2) is 41.0 Å². The number of rotatable bonds is 49. The predicted octanol–water partition coefficient (Wildman–Crippen LogP) is 16.9. The predicted molar refractivity (Wildman–Crippen MR) is 258 cm³/mol. The van der Waals surface area contributed by atoms with Gasteiger partial charge in [-0.3, -0.25) is 14.1 Å². The molecule has 0 bridgehead atoms. The van der Waals surface area contributed by atoms with Crippen molar-refractivity contribution in [1.29, 1.82) is 0 Å². The second-order valence-corrected chi connectivity index (χ2v) is 20.5. The molecule has 9 heteroatoms. The molecular formula is C52H103O8P. The molecule has 1 unspecified atom stereocenters. The molecule has 0 rings (SSSR count). The lowest BCUT2D eigenvalue weighted by molar-refractivity contribution is -0.161. The number of carbonyl (C=O) groups excluding carboxylic acids is 2. The Labute approximate surface area is 378 Å². The van der Waals surface area contributed by atoms with Crippen LogP contribution in [0.15, 0.2) is 0 Å². The Kier molecular flexibility index (Phi) is 44.9. The van der Waals surface area contributed by atoms with Gasteiger partial charge < -0.3 is 19.3 Å². The number of ether oxygens (including phenoxy) is 2. The van der Waals surface area contributed by atoms with Crippen molar-refractivity contribution in [3.8, 4) is 0 Å². The van der Waals surface area contributed by atoms with Gasteiger partial charge in [0.1, 0.15) is 6.61 Å². The van der Waals surface area contributed by atoms with E-state index in [1.165, 1.54) is 212 Å². The number of hydrogen-bond donors (Lipinski definition) is 2. The third-order valence-corrected chi connectivity index (χ3v) is 13.1. The van der Waals surface area contributed by atoms with Gasteiger partial charge in [-0.2, -0.15) is 0 Å². The first-order chi connectivity index (χ1) is 29.5. The van der Waals surface area contributed by atoms with E-state index in [1.807, 2.05) is 0 Å². The van der Waals surface area contributed by atoms with E-state index in [-0.39, 0.29) is 19.4 Å². The lowest BCUT2D eigenvalue weighted by atomic mass is 9.99. The summed E-state index contributed by atoms with van der Waals surface area (Å²) in [5.41, 5.74) is 0. The van der Waals surface area contributed by atoms with Crippen LogP contribution in [0.25, 0.3) is 0 Å². The zero-order valence-corrected chi connectivity index (χ0v) is 41.8. The van der Waals surface area contributed by atoms with E-state index in [0.29, 0.717) is 6.42 Å². The topological polar surface area (TPSA) is 119 Å². The summed E-state index contributed by atoms with van der Waals surface area (Å²) >= 11 is 0. The normalized spacial score (nSPS) is 12.9. The second kappa shape index (κ2) is 45.6. The highest BCUT2D eigenvalue weighted by Gasteiger charge is 2.23. The fourth-order valence-corrected chi connectivity index (χ4v) is 8.60. The van der Waals surface area contributed by atoms with Crippen molar-refractivity contribution in [3.63, 3.8) is 0 Å². The molecule has 0 aromatic rings. The molecule has 364 valence electrons. The molecule has 8 nitrogen and oxygen atoms in total. The molecule has 0 saturated carbocycles. The Morgan fingerprint density at radius 1 is 0.426 bits per heavy atom. The first-order valence-corrected chi connectivity index (χ1v) is 28.1. The van der Waals surface area contributed by atoms with Gasteiger partial charge in [-0.15, -0.1) is 0 Å². The SMILES string of the molecule is CCC(C)CCCCCCCCCCCCCCCCCCCCC(=O)O[C@H](COC(=O)CCCCCCCCCCCCCCCCCCCCC(C)C)COP(=O)(O)O. The van der Waals surface area contributed by atoms with Gasteiger partial charge >= 0.3 is 19.8 Å². The minimum absolute atomic E-state index is 0.220. The molecule has 0 saturated heterocycles. The van der Waals surface area contributed by atoms with Crippen molar-refractivity contribution in [2.45, 2.75) is 297 Å². The second-order valence-electron chi connectivity index (χ2n) is 19.3. The third-order valence-electron chi connectivity index (χ3n) is 12.6. The van der Waals surface area contributed by atoms with E-state index in [9.17, 15) is 14.2 Å². The van der Waals surface area contributed by atoms with Gasteiger partial charge in [0, 0.05) is 12.8 Å². The molecule has 0 heterocycles. The van der Waals surface area contributed by atoms with Gasteiger partial charge in [-0.1, -0.05) is 265 Å². The molecule has 0 aliphatic carbocycles. The number of phosphoric ester groups is 1. The fourth-order valence-electron chi connectivity index (χ4n) is 8.24. The van der Waals surface area contributed by atoms with Gasteiger partial charge in [0.15, 0.2) is 6.10 Å². The average Bonchev–Trinajstić information content (AvgIpc) is 3.22.